The summed E-state index contributed by atoms with van der Waals surface area (Å²) in [6, 6.07) is 7.87. The number of ketones is 2. The molecule has 1 aliphatic heterocycles. The molecule has 0 aromatic heterocycles. The maximum absolute atomic E-state index is 13.7. The van der Waals surface area contributed by atoms with E-state index in [0.29, 0.717) is 23.9 Å². The van der Waals surface area contributed by atoms with Gasteiger partial charge in [-0.3, -0.25) is 14.5 Å². The molecule has 1 saturated heterocycles. The summed E-state index contributed by atoms with van der Waals surface area (Å²) in [6.07, 6.45) is 8.21. The lowest BCUT2D eigenvalue weighted by atomic mass is 9.44. The molecule has 0 radical (unpaired) electrons. The molecular formula is C30H36ClNO4. The number of Topliss-reactive ketones (excluding diaryl/α,β-unsaturated/α-hetero) is 1. The van der Waals surface area contributed by atoms with Crippen molar-refractivity contribution in [2.75, 3.05) is 19.7 Å². The van der Waals surface area contributed by atoms with Crippen LogP contribution >= 0.6 is 11.6 Å². The van der Waals surface area contributed by atoms with Crippen molar-refractivity contribution in [2.24, 2.45) is 39.9 Å². The highest BCUT2D eigenvalue weighted by Crippen LogP contribution is 2.72. The van der Waals surface area contributed by atoms with E-state index in [2.05, 4.69) is 24.8 Å². The lowest BCUT2D eigenvalue weighted by Gasteiger charge is -2.60. The van der Waals surface area contributed by atoms with E-state index in [4.69, 9.17) is 11.6 Å². The fourth-order valence-corrected chi connectivity index (χ4v) is 9.87. The molecule has 5 nitrogen and oxygen atoms in total. The van der Waals surface area contributed by atoms with Crippen LogP contribution in [-0.4, -0.2) is 52.5 Å². The van der Waals surface area contributed by atoms with E-state index < -0.39 is 18.1 Å². The van der Waals surface area contributed by atoms with Crippen LogP contribution in [0.1, 0.15) is 45.1 Å². The highest BCUT2D eigenvalue weighted by Gasteiger charge is 2.73. The first-order valence-corrected chi connectivity index (χ1v) is 13.7. The van der Waals surface area contributed by atoms with Crippen molar-refractivity contribution >= 4 is 23.2 Å². The molecule has 3 saturated carbocycles. The summed E-state index contributed by atoms with van der Waals surface area (Å²) in [7, 11) is 0. The molecule has 1 aromatic carbocycles. The summed E-state index contributed by atoms with van der Waals surface area (Å²) in [5, 5.41) is 22.6. The van der Waals surface area contributed by atoms with Gasteiger partial charge in [0, 0.05) is 36.0 Å². The number of carbonyl (C=O) groups excluding carboxylic acids is 2. The maximum atomic E-state index is 13.7. The highest BCUT2D eigenvalue weighted by molar-refractivity contribution is 6.30. The number of halogens is 1. The van der Waals surface area contributed by atoms with Crippen LogP contribution in [0.3, 0.4) is 0 Å². The first kappa shape index (κ1) is 24.5. The third-order valence-electron chi connectivity index (χ3n) is 11.0. The first-order valence-electron chi connectivity index (χ1n) is 13.4. The van der Waals surface area contributed by atoms with E-state index in [-0.39, 0.29) is 40.2 Å². The van der Waals surface area contributed by atoms with E-state index in [9.17, 15) is 19.8 Å². The van der Waals surface area contributed by atoms with Gasteiger partial charge in [-0.05, 0) is 78.7 Å². The van der Waals surface area contributed by atoms with Gasteiger partial charge in [0.05, 0.1) is 11.5 Å². The Morgan fingerprint density at radius 2 is 2.08 bits per heavy atom. The Labute approximate surface area is 218 Å². The van der Waals surface area contributed by atoms with E-state index in [1.54, 1.807) is 12.2 Å². The van der Waals surface area contributed by atoms with E-state index in [1.165, 1.54) is 0 Å². The maximum Gasteiger partial charge on any atom is 0.178 e. The Kier molecular flexibility index (Phi) is 5.70. The molecule has 1 aromatic rings. The normalized spacial score (nSPS) is 43.4. The molecule has 6 rings (SSSR count). The zero-order valence-corrected chi connectivity index (χ0v) is 21.9. The number of rotatable bonds is 4. The minimum absolute atomic E-state index is 0.0405. The van der Waals surface area contributed by atoms with Gasteiger partial charge in [0.1, 0.15) is 6.61 Å². The molecule has 8 atom stereocenters. The minimum atomic E-state index is -0.660. The summed E-state index contributed by atoms with van der Waals surface area (Å²) in [4.78, 5) is 28.1. The van der Waals surface area contributed by atoms with Gasteiger partial charge in [0.2, 0.25) is 0 Å². The molecule has 0 unspecified atom stereocenters. The number of aliphatic hydroxyl groups excluding tert-OH is 2. The largest absolute Gasteiger partial charge is 0.393 e. The van der Waals surface area contributed by atoms with Crippen LogP contribution in [-0.2, 0) is 16.1 Å². The second kappa shape index (κ2) is 8.36. The van der Waals surface area contributed by atoms with Crippen molar-refractivity contribution in [1.82, 2.24) is 4.90 Å². The van der Waals surface area contributed by atoms with Crippen molar-refractivity contribution in [3.05, 3.63) is 58.7 Å². The highest BCUT2D eigenvalue weighted by atomic mass is 35.5. The standard InChI is InChI=1S/C30H36ClNO4/c1-28-9-8-22(34)11-19(28)6-7-23-24-12-20-15-32(14-18-4-3-5-21(31)10-18)17-30(20,26(36)16-33)29(24,2)13-25(35)27(23)28/h3-5,8-11,20,23-25,27,33,35H,6-7,12-17H2,1-2H3/t20-,23-,24-,25-,27+,28-,29-,30-/m0/s1. The van der Waals surface area contributed by atoms with Gasteiger partial charge < -0.3 is 10.2 Å². The van der Waals surface area contributed by atoms with Gasteiger partial charge in [-0.1, -0.05) is 49.2 Å². The predicted octanol–water partition coefficient (Wildman–Crippen LogP) is 4.21. The molecule has 0 bridgehead atoms. The number of benzene rings is 1. The summed E-state index contributed by atoms with van der Waals surface area (Å²) < 4.78 is 0. The number of hydrogen-bond donors (Lipinski definition) is 2. The van der Waals surface area contributed by atoms with Gasteiger partial charge in [-0.2, -0.15) is 0 Å². The fraction of sp³-hybridized carbons (Fsp3) is 0.600. The van der Waals surface area contributed by atoms with Gasteiger partial charge in [0.25, 0.3) is 0 Å². The lowest BCUT2D eigenvalue weighted by Crippen LogP contribution is -2.60. The molecule has 1 heterocycles. The van der Waals surface area contributed by atoms with Gasteiger partial charge in [-0.15, -0.1) is 0 Å². The summed E-state index contributed by atoms with van der Waals surface area (Å²) in [6.45, 7) is 6.09. The molecule has 36 heavy (non-hydrogen) atoms. The van der Waals surface area contributed by atoms with Crippen molar-refractivity contribution in [1.29, 1.82) is 0 Å². The number of carbonyl (C=O) groups is 2. The van der Waals surface area contributed by atoms with Crippen LogP contribution in [0.25, 0.3) is 0 Å². The van der Waals surface area contributed by atoms with E-state index in [1.807, 2.05) is 24.3 Å². The Balaban J connectivity index is 1.35. The molecule has 4 fully saturated rings. The SMILES string of the molecule is C[C@]12C=CC(=O)C=C1CC[C@@H]1[C@@H]2[C@@H](O)C[C@@]2(C)[C@H]1C[C@H]1CN(Cc3cccc(Cl)c3)C[C@@]12C(=O)CO. The average Bonchev–Trinajstić information content (AvgIpc) is 3.30. The smallest absolute Gasteiger partial charge is 0.178 e. The molecular weight excluding hydrogens is 474 g/mol. The number of fused-ring (bicyclic) bond motifs is 7. The number of hydrogen-bond acceptors (Lipinski definition) is 5. The summed E-state index contributed by atoms with van der Waals surface area (Å²) >= 11 is 6.23. The third kappa shape index (κ3) is 3.25. The zero-order chi connectivity index (χ0) is 25.5. The first-order chi connectivity index (χ1) is 17.1. The third-order valence-corrected chi connectivity index (χ3v) is 11.3. The molecule has 2 N–H and O–H groups in total. The molecule has 0 spiro atoms. The molecule has 192 valence electrons. The minimum Gasteiger partial charge on any atom is -0.393 e. The Hall–Kier alpha value is -1.79. The second-order valence-electron chi connectivity index (χ2n) is 12.5. The van der Waals surface area contributed by atoms with E-state index >= 15 is 0 Å². The van der Waals surface area contributed by atoms with Crippen molar-refractivity contribution in [3.63, 3.8) is 0 Å². The second-order valence-corrected chi connectivity index (χ2v) is 12.9. The topological polar surface area (TPSA) is 77.8 Å². The van der Waals surface area contributed by atoms with Crippen molar-refractivity contribution in [2.45, 2.75) is 52.2 Å². The van der Waals surface area contributed by atoms with Gasteiger partial charge in [0.15, 0.2) is 11.6 Å². The number of nitrogens with zero attached hydrogens (tertiary/aromatic N) is 1. The van der Waals surface area contributed by atoms with Crippen LogP contribution in [0.15, 0.2) is 48.1 Å². The van der Waals surface area contributed by atoms with Crippen LogP contribution in [0.4, 0.5) is 0 Å². The zero-order valence-electron chi connectivity index (χ0n) is 21.1. The fourth-order valence-electron chi connectivity index (χ4n) is 9.65. The average molecular weight is 510 g/mol. The van der Waals surface area contributed by atoms with Crippen molar-refractivity contribution < 1.29 is 19.8 Å². The number of likely N-dealkylation sites (tertiary alicyclic amines) is 1. The monoisotopic (exact) mass is 509 g/mol. The molecule has 0 amide bonds. The molecule has 4 aliphatic carbocycles. The van der Waals surface area contributed by atoms with Crippen molar-refractivity contribution in [3.8, 4) is 0 Å². The van der Waals surface area contributed by atoms with Gasteiger partial charge in [-0.25, -0.2) is 0 Å². The van der Waals surface area contributed by atoms with Crippen LogP contribution < -0.4 is 0 Å². The predicted molar refractivity (Wildman–Crippen MR) is 138 cm³/mol. The van der Waals surface area contributed by atoms with Crippen LogP contribution in [0.5, 0.6) is 0 Å². The van der Waals surface area contributed by atoms with Crippen LogP contribution in [0, 0.1) is 39.9 Å². The van der Waals surface area contributed by atoms with E-state index in [0.717, 1.165) is 43.5 Å². The Bertz CT molecular complexity index is 1180. The summed E-state index contributed by atoms with van der Waals surface area (Å²) in [5.74, 6) is 0.771. The summed E-state index contributed by atoms with van der Waals surface area (Å²) in [5.41, 5.74) is 0.907. The Morgan fingerprint density at radius 1 is 1.28 bits per heavy atom. The Morgan fingerprint density at radius 3 is 2.83 bits per heavy atom. The quantitative estimate of drug-likeness (QED) is 0.635. The van der Waals surface area contributed by atoms with Crippen LogP contribution in [0.2, 0.25) is 5.02 Å². The lowest BCUT2D eigenvalue weighted by molar-refractivity contribution is -0.159. The molecule has 5 aliphatic rings. The van der Waals surface area contributed by atoms with Gasteiger partial charge >= 0.3 is 0 Å². The number of allylic oxidation sites excluding steroid dienone is 4. The molecule has 6 heteroatoms. The number of aliphatic hydroxyl groups is 2.